The average molecular weight is 312 g/mol. The zero-order chi connectivity index (χ0) is 16.3. The van der Waals surface area contributed by atoms with Crippen LogP contribution in [0, 0.1) is 0 Å². The van der Waals surface area contributed by atoms with Crippen molar-refractivity contribution in [2.75, 3.05) is 6.61 Å². The van der Waals surface area contributed by atoms with Crippen LogP contribution in [0.25, 0.3) is 0 Å². The van der Waals surface area contributed by atoms with Gasteiger partial charge in [-0.05, 0) is 6.42 Å². The van der Waals surface area contributed by atoms with Crippen LogP contribution in [0.2, 0.25) is 0 Å². The van der Waals surface area contributed by atoms with Crippen molar-refractivity contribution in [3.63, 3.8) is 0 Å². The summed E-state index contributed by atoms with van der Waals surface area (Å²) in [6.07, 6.45) is 20.0. The molecule has 0 aromatic rings. The number of hydrogen-bond acceptors (Lipinski definition) is 3. The third-order valence-corrected chi connectivity index (χ3v) is 4.09. The number of esters is 1. The van der Waals surface area contributed by atoms with Crippen LogP contribution in [0.1, 0.15) is 103 Å². The van der Waals surface area contributed by atoms with Gasteiger partial charge in [-0.15, -0.1) is 0 Å². The van der Waals surface area contributed by atoms with Gasteiger partial charge in [0.15, 0.2) is 0 Å². The van der Waals surface area contributed by atoms with Crippen molar-refractivity contribution in [2.24, 2.45) is 0 Å². The van der Waals surface area contributed by atoms with E-state index in [-0.39, 0.29) is 6.29 Å². The molecule has 0 N–H and O–H groups in total. The minimum atomic E-state index is -0.745. The second-order valence-corrected chi connectivity index (χ2v) is 6.24. The molecule has 0 amide bonds. The second kappa shape index (κ2) is 18.2. The first-order valence-electron chi connectivity index (χ1n) is 9.43. The van der Waals surface area contributed by atoms with Gasteiger partial charge in [0.05, 0.1) is 6.61 Å². The standard InChI is InChI=1S/C19H36O3/c1-2-3-4-5-6-7-8-9-10-11-12-13-14-15-16-17-22-19(21)18-20/h18H,2-17H2,1H3. The predicted octanol–water partition coefficient (Wildman–Crippen LogP) is 5.60. The molecule has 0 heterocycles. The highest BCUT2D eigenvalue weighted by atomic mass is 16.5. The molecule has 0 radical (unpaired) electrons. The molecule has 0 fully saturated rings. The van der Waals surface area contributed by atoms with Crippen molar-refractivity contribution in [1.82, 2.24) is 0 Å². The van der Waals surface area contributed by atoms with E-state index < -0.39 is 5.97 Å². The lowest BCUT2D eigenvalue weighted by atomic mass is 10.0. The Morgan fingerprint density at radius 3 is 1.41 bits per heavy atom. The van der Waals surface area contributed by atoms with Crippen LogP contribution in [0.3, 0.4) is 0 Å². The Balaban J connectivity index is 2.99. The first-order valence-corrected chi connectivity index (χ1v) is 9.43. The SMILES string of the molecule is CCCCCCCCCCCCCCCCCOC(=O)C=O. The fourth-order valence-electron chi connectivity index (χ4n) is 2.68. The fourth-order valence-corrected chi connectivity index (χ4v) is 2.68. The fraction of sp³-hybridized carbons (Fsp3) is 0.895. The summed E-state index contributed by atoms with van der Waals surface area (Å²) in [6.45, 7) is 2.65. The molecule has 0 atom stereocenters. The molecule has 0 aromatic carbocycles. The normalized spacial score (nSPS) is 10.6. The number of unbranched alkanes of at least 4 members (excludes halogenated alkanes) is 14. The lowest BCUT2D eigenvalue weighted by Gasteiger charge is -2.03. The van der Waals surface area contributed by atoms with E-state index in [4.69, 9.17) is 4.74 Å². The summed E-state index contributed by atoms with van der Waals surface area (Å²) in [5.41, 5.74) is 0. The summed E-state index contributed by atoms with van der Waals surface area (Å²) in [6, 6.07) is 0. The maximum atomic E-state index is 10.6. The summed E-state index contributed by atoms with van der Waals surface area (Å²) >= 11 is 0. The molecule has 0 saturated heterocycles. The number of hydrogen-bond donors (Lipinski definition) is 0. The number of aldehydes is 1. The maximum absolute atomic E-state index is 10.6. The second-order valence-electron chi connectivity index (χ2n) is 6.24. The monoisotopic (exact) mass is 312 g/mol. The van der Waals surface area contributed by atoms with Gasteiger partial charge >= 0.3 is 5.97 Å². The minimum Gasteiger partial charge on any atom is -0.460 e. The quantitative estimate of drug-likeness (QED) is 0.152. The maximum Gasteiger partial charge on any atom is 0.371 e. The third-order valence-electron chi connectivity index (χ3n) is 4.09. The van der Waals surface area contributed by atoms with Crippen LogP contribution in [-0.4, -0.2) is 18.9 Å². The van der Waals surface area contributed by atoms with Crippen molar-refractivity contribution in [1.29, 1.82) is 0 Å². The molecule has 3 heteroatoms. The molecule has 0 aliphatic carbocycles. The smallest absolute Gasteiger partial charge is 0.371 e. The molecule has 0 rings (SSSR count). The average Bonchev–Trinajstić information content (AvgIpc) is 2.54. The van der Waals surface area contributed by atoms with Gasteiger partial charge in [0, 0.05) is 0 Å². The van der Waals surface area contributed by atoms with Crippen molar-refractivity contribution in [2.45, 2.75) is 103 Å². The molecule has 0 unspecified atom stereocenters. The molecular formula is C19H36O3. The zero-order valence-electron chi connectivity index (χ0n) is 14.6. The Hall–Kier alpha value is -0.860. The van der Waals surface area contributed by atoms with Crippen molar-refractivity contribution in [3.8, 4) is 0 Å². The molecule has 0 aliphatic rings. The highest BCUT2D eigenvalue weighted by Gasteiger charge is 1.98. The Morgan fingerprint density at radius 2 is 1.05 bits per heavy atom. The molecule has 130 valence electrons. The lowest BCUT2D eigenvalue weighted by Crippen LogP contribution is -2.06. The van der Waals surface area contributed by atoms with E-state index >= 15 is 0 Å². The summed E-state index contributed by atoms with van der Waals surface area (Å²) in [7, 11) is 0. The van der Waals surface area contributed by atoms with Gasteiger partial charge in [-0.2, -0.15) is 0 Å². The van der Waals surface area contributed by atoms with Crippen molar-refractivity contribution in [3.05, 3.63) is 0 Å². The van der Waals surface area contributed by atoms with Crippen LogP contribution in [0.4, 0.5) is 0 Å². The first kappa shape index (κ1) is 21.1. The lowest BCUT2D eigenvalue weighted by molar-refractivity contribution is -0.148. The van der Waals surface area contributed by atoms with Gasteiger partial charge in [0.2, 0.25) is 6.29 Å². The molecule has 0 saturated carbocycles. The van der Waals surface area contributed by atoms with Gasteiger partial charge in [0.1, 0.15) is 0 Å². The number of ether oxygens (including phenoxy) is 1. The molecule has 0 bridgehead atoms. The van der Waals surface area contributed by atoms with Crippen LogP contribution < -0.4 is 0 Å². The van der Waals surface area contributed by atoms with Gasteiger partial charge in [-0.3, -0.25) is 4.79 Å². The van der Waals surface area contributed by atoms with E-state index in [0.29, 0.717) is 6.61 Å². The van der Waals surface area contributed by atoms with Gasteiger partial charge < -0.3 is 4.74 Å². The van der Waals surface area contributed by atoms with Crippen LogP contribution in [0.15, 0.2) is 0 Å². The summed E-state index contributed by atoms with van der Waals surface area (Å²) < 4.78 is 4.70. The number of rotatable bonds is 17. The highest BCUT2D eigenvalue weighted by molar-refractivity contribution is 6.20. The van der Waals surface area contributed by atoms with E-state index in [2.05, 4.69) is 6.92 Å². The van der Waals surface area contributed by atoms with Gasteiger partial charge in [0.25, 0.3) is 0 Å². The molecule has 0 aromatic heterocycles. The molecular weight excluding hydrogens is 276 g/mol. The van der Waals surface area contributed by atoms with E-state index in [0.717, 1.165) is 12.8 Å². The highest BCUT2D eigenvalue weighted by Crippen LogP contribution is 2.13. The number of carbonyl (C=O) groups excluding carboxylic acids is 2. The van der Waals surface area contributed by atoms with Crippen LogP contribution >= 0.6 is 0 Å². The Morgan fingerprint density at radius 1 is 0.682 bits per heavy atom. The zero-order valence-corrected chi connectivity index (χ0v) is 14.6. The summed E-state index contributed by atoms with van der Waals surface area (Å²) in [4.78, 5) is 20.6. The summed E-state index contributed by atoms with van der Waals surface area (Å²) in [5, 5.41) is 0. The summed E-state index contributed by atoms with van der Waals surface area (Å²) in [5.74, 6) is -0.745. The number of carbonyl (C=O) groups is 2. The van der Waals surface area contributed by atoms with Crippen LogP contribution in [0.5, 0.6) is 0 Å². The molecule has 0 aliphatic heterocycles. The largest absolute Gasteiger partial charge is 0.460 e. The Labute approximate surface area is 137 Å². The van der Waals surface area contributed by atoms with E-state index in [1.54, 1.807) is 0 Å². The van der Waals surface area contributed by atoms with E-state index in [1.807, 2.05) is 0 Å². The van der Waals surface area contributed by atoms with Gasteiger partial charge in [-0.25, -0.2) is 4.79 Å². The Bertz CT molecular complexity index is 251. The predicted molar refractivity (Wildman–Crippen MR) is 92.0 cm³/mol. The third kappa shape index (κ3) is 17.2. The minimum absolute atomic E-state index is 0.227. The molecule has 3 nitrogen and oxygen atoms in total. The first-order chi connectivity index (χ1) is 10.8. The van der Waals surface area contributed by atoms with Gasteiger partial charge in [-0.1, -0.05) is 96.8 Å². The van der Waals surface area contributed by atoms with Crippen molar-refractivity contribution < 1.29 is 14.3 Å². The van der Waals surface area contributed by atoms with Crippen molar-refractivity contribution >= 4 is 12.3 Å². The van der Waals surface area contributed by atoms with Crippen LogP contribution in [-0.2, 0) is 14.3 Å². The topological polar surface area (TPSA) is 43.4 Å². The van der Waals surface area contributed by atoms with E-state index in [1.165, 1.54) is 83.5 Å². The van der Waals surface area contributed by atoms with E-state index in [9.17, 15) is 9.59 Å². The molecule has 0 spiro atoms. The Kier molecular flexibility index (Phi) is 17.5. The molecule has 22 heavy (non-hydrogen) atoms.